The molecule has 0 aliphatic carbocycles. The first kappa shape index (κ1) is 14.0. The molecule has 0 aromatic heterocycles. The van der Waals surface area contributed by atoms with Crippen molar-refractivity contribution in [3.8, 4) is 6.07 Å². The normalized spacial score (nSPS) is 24.1. The van der Waals surface area contributed by atoms with Gasteiger partial charge in [0.2, 0.25) is 0 Å². The Balaban J connectivity index is 2.00. The summed E-state index contributed by atoms with van der Waals surface area (Å²) in [5.41, 5.74) is 2.04. The molecule has 0 bridgehead atoms. The van der Waals surface area contributed by atoms with Crippen LogP contribution in [0.2, 0.25) is 0 Å². The molecule has 1 aromatic carbocycles. The number of aliphatic hydroxyl groups excluding tert-OH is 1. The topological polar surface area (TPSA) is 47.3 Å². The molecule has 2 rings (SSSR count). The summed E-state index contributed by atoms with van der Waals surface area (Å²) in [5, 5.41) is 18.4. The number of nitrogens with zero attached hydrogens (tertiary/aromatic N) is 2. The van der Waals surface area contributed by atoms with Crippen molar-refractivity contribution in [3.05, 3.63) is 35.4 Å². The molecule has 1 saturated heterocycles. The minimum Gasteiger partial charge on any atom is -0.396 e. The number of nitriles is 1. The summed E-state index contributed by atoms with van der Waals surface area (Å²) < 4.78 is 0. The first-order chi connectivity index (χ1) is 9.21. The van der Waals surface area contributed by atoms with E-state index in [1.165, 1.54) is 5.56 Å². The van der Waals surface area contributed by atoms with Crippen molar-refractivity contribution in [2.75, 3.05) is 19.7 Å². The predicted molar refractivity (Wildman–Crippen MR) is 75.5 cm³/mol. The fraction of sp³-hybridized carbons (Fsp3) is 0.562. The molecule has 0 radical (unpaired) electrons. The molecule has 3 nitrogen and oxygen atoms in total. The van der Waals surface area contributed by atoms with Gasteiger partial charge in [-0.05, 0) is 43.5 Å². The van der Waals surface area contributed by atoms with Gasteiger partial charge in [-0.25, -0.2) is 0 Å². The SMILES string of the molecule is CC[C@@]1(CO)CCCN(Cc2ccc(C#N)cc2)C1. The predicted octanol–water partition coefficient (Wildman–Crippen LogP) is 2.54. The molecule has 0 unspecified atom stereocenters. The molecule has 1 fully saturated rings. The van der Waals surface area contributed by atoms with Crippen LogP contribution in [-0.2, 0) is 6.54 Å². The second-order valence-electron chi connectivity index (χ2n) is 5.63. The maximum Gasteiger partial charge on any atom is 0.0991 e. The van der Waals surface area contributed by atoms with Gasteiger partial charge in [-0.2, -0.15) is 5.26 Å². The van der Waals surface area contributed by atoms with Gasteiger partial charge in [-0.1, -0.05) is 19.1 Å². The highest BCUT2D eigenvalue weighted by molar-refractivity contribution is 5.31. The number of likely N-dealkylation sites (tertiary alicyclic amines) is 1. The largest absolute Gasteiger partial charge is 0.396 e. The minimum absolute atomic E-state index is 0.0881. The van der Waals surface area contributed by atoms with E-state index in [2.05, 4.69) is 17.9 Å². The molecule has 1 aliphatic rings. The first-order valence-corrected chi connectivity index (χ1v) is 7.03. The van der Waals surface area contributed by atoms with Crippen LogP contribution in [0.15, 0.2) is 24.3 Å². The zero-order valence-electron chi connectivity index (χ0n) is 11.6. The maximum absolute atomic E-state index is 9.63. The lowest BCUT2D eigenvalue weighted by atomic mass is 9.78. The summed E-state index contributed by atoms with van der Waals surface area (Å²) in [7, 11) is 0. The van der Waals surface area contributed by atoms with Gasteiger partial charge in [-0.15, -0.1) is 0 Å². The van der Waals surface area contributed by atoms with E-state index in [1.807, 2.05) is 24.3 Å². The molecule has 1 heterocycles. The maximum atomic E-state index is 9.63. The monoisotopic (exact) mass is 258 g/mol. The van der Waals surface area contributed by atoms with E-state index >= 15 is 0 Å². The van der Waals surface area contributed by atoms with Crippen LogP contribution in [0.1, 0.15) is 37.3 Å². The van der Waals surface area contributed by atoms with Gasteiger partial charge < -0.3 is 5.11 Å². The zero-order chi connectivity index (χ0) is 13.7. The van der Waals surface area contributed by atoms with Gasteiger partial charge in [0.15, 0.2) is 0 Å². The lowest BCUT2D eigenvalue weighted by Crippen LogP contribution is -2.44. The number of rotatable bonds is 4. The fourth-order valence-electron chi connectivity index (χ4n) is 2.92. The van der Waals surface area contributed by atoms with Crippen molar-refractivity contribution in [2.45, 2.75) is 32.7 Å². The van der Waals surface area contributed by atoms with Crippen molar-refractivity contribution in [1.82, 2.24) is 4.90 Å². The Kier molecular flexibility index (Phi) is 4.57. The Labute approximate surface area is 115 Å². The Morgan fingerprint density at radius 3 is 2.68 bits per heavy atom. The third kappa shape index (κ3) is 3.34. The molecule has 19 heavy (non-hydrogen) atoms. The number of hydrogen-bond donors (Lipinski definition) is 1. The van der Waals surface area contributed by atoms with Gasteiger partial charge in [0.25, 0.3) is 0 Å². The molecule has 1 N–H and O–H groups in total. The molecular formula is C16H22N2O. The fourth-order valence-corrected chi connectivity index (χ4v) is 2.92. The molecule has 0 spiro atoms. The second kappa shape index (κ2) is 6.18. The molecule has 102 valence electrons. The average Bonchev–Trinajstić information content (AvgIpc) is 2.48. The second-order valence-corrected chi connectivity index (χ2v) is 5.63. The van der Waals surface area contributed by atoms with Gasteiger partial charge >= 0.3 is 0 Å². The van der Waals surface area contributed by atoms with Crippen LogP contribution in [0, 0.1) is 16.7 Å². The van der Waals surface area contributed by atoms with Gasteiger partial charge in [0.1, 0.15) is 0 Å². The molecule has 1 atom stereocenters. The highest BCUT2D eigenvalue weighted by Gasteiger charge is 2.33. The van der Waals surface area contributed by atoms with Crippen LogP contribution in [0.5, 0.6) is 0 Å². The Hall–Kier alpha value is -1.37. The Morgan fingerprint density at radius 2 is 2.11 bits per heavy atom. The molecule has 3 heteroatoms. The van der Waals surface area contributed by atoms with Gasteiger partial charge in [-0.3, -0.25) is 4.90 Å². The van der Waals surface area contributed by atoms with Crippen molar-refractivity contribution >= 4 is 0 Å². The van der Waals surface area contributed by atoms with Gasteiger partial charge in [0, 0.05) is 25.1 Å². The average molecular weight is 258 g/mol. The Morgan fingerprint density at radius 1 is 1.37 bits per heavy atom. The van der Waals surface area contributed by atoms with E-state index in [-0.39, 0.29) is 12.0 Å². The van der Waals surface area contributed by atoms with E-state index in [1.54, 1.807) is 0 Å². The number of aliphatic hydroxyl groups is 1. The van der Waals surface area contributed by atoms with Crippen LogP contribution >= 0.6 is 0 Å². The lowest BCUT2D eigenvalue weighted by Gasteiger charge is -2.41. The van der Waals surface area contributed by atoms with Crippen LogP contribution in [0.4, 0.5) is 0 Å². The summed E-state index contributed by atoms with van der Waals surface area (Å²) in [5.74, 6) is 0. The van der Waals surface area contributed by atoms with Crippen LogP contribution < -0.4 is 0 Å². The van der Waals surface area contributed by atoms with Crippen molar-refractivity contribution in [2.24, 2.45) is 5.41 Å². The van der Waals surface area contributed by atoms with Crippen LogP contribution in [0.3, 0.4) is 0 Å². The molecule has 1 aromatic rings. The molecule has 1 aliphatic heterocycles. The van der Waals surface area contributed by atoms with Crippen molar-refractivity contribution in [1.29, 1.82) is 5.26 Å². The van der Waals surface area contributed by atoms with E-state index in [0.29, 0.717) is 5.56 Å². The number of benzene rings is 1. The molecular weight excluding hydrogens is 236 g/mol. The van der Waals surface area contributed by atoms with Crippen LogP contribution in [-0.4, -0.2) is 29.7 Å². The van der Waals surface area contributed by atoms with E-state index < -0.39 is 0 Å². The van der Waals surface area contributed by atoms with E-state index in [4.69, 9.17) is 5.26 Å². The Bertz CT molecular complexity index is 443. The van der Waals surface area contributed by atoms with Crippen LogP contribution in [0.25, 0.3) is 0 Å². The third-order valence-corrected chi connectivity index (χ3v) is 4.32. The number of hydrogen-bond acceptors (Lipinski definition) is 3. The highest BCUT2D eigenvalue weighted by Crippen LogP contribution is 2.33. The quantitative estimate of drug-likeness (QED) is 0.902. The van der Waals surface area contributed by atoms with E-state index in [9.17, 15) is 5.11 Å². The lowest BCUT2D eigenvalue weighted by molar-refractivity contribution is 0.0258. The molecule has 0 amide bonds. The number of piperidine rings is 1. The first-order valence-electron chi connectivity index (χ1n) is 7.03. The summed E-state index contributed by atoms with van der Waals surface area (Å²) >= 11 is 0. The zero-order valence-corrected chi connectivity index (χ0v) is 11.6. The highest BCUT2D eigenvalue weighted by atomic mass is 16.3. The minimum atomic E-state index is 0.0881. The summed E-state index contributed by atoms with van der Waals surface area (Å²) in [6.07, 6.45) is 3.32. The summed E-state index contributed by atoms with van der Waals surface area (Å²) in [6.45, 7) is 5.43. The summed E-state index contributed by atoms with van der Waals surface area (Å²) in [4.78, 5) is 2.42. The van der Waals surface area contributed by atoms with Crippen molar-refractivity contribution in [3.63, 3.8) is 0 Å². The smallest absolute Gasteiger partial charge is 0.0991 e. The van der Waals surface area contributed by atoms with E-state index in [0.717, 1.165) is 38.9 Å². The summed E-state index contributed by atoms with van der Waals surface area (Å²) in [6, 6.07) is 9.94. The van der Waals surface area contributed by atoms with Crippen molar-refractivity contribution < 1.29 is 5.11 Å². The molecule has 0 saturated carbocycles. The standard InChI is InChI=1S/C16H22N2O/c1-2-16(13-19)8-3-9-18(12-16)11-15-6-4-14(10-17)5-7-15/h4-7,19H,2-3,8-9,11-13H2,1H3/t16-/m1/s1. The third-order valence-electron chi connectivity index (χ3n) is 4.32. The van der Waals surface area contributed by atoms with Gasteiger partial charge in [0.05, 0.1) is 11.6 Å².